The summed E-state index contributed by atoms with van der Waals surface area (Å²) in [5.41, 5.74) is 8.93. The van der Waals surface area contributed by atoms with E-state index in [-0.39, 0.29) is 29.5 Å². The molecule has 2 aromatic rings. The monoisotopic (exact) mass is 386 g/mol. The number of likely N-dealkylation sites (tertiary alicyclic amines) is 1. The molecule has 2 N–H and O–H groups in total. The molecule has 0 aliphatic carbocycles. The summed E-state index contributed by atoms with van der Waals surface area (Å²) in [6.45, 7) is 6.61. The van der Waals surface area contributed by atoms with Crippen molar-refractivity contribution in [2.75, 3.05) is 12.3 Å². The average molecular weight is 387 g/mol. The summed E-state index contributed by atoms with van der Waals surface area (Å²) in [7, 11) is 0. The zero-order valence-electron chi connectivity index (χ0n) is 16.0. The number of amides is 2. The molecule has 0 radical (unpaired) electrons. The van der Waals surface area contributed by atoms with Crippen LogP contribution in [0.25, 0.3) is 5.69 Å². The minimum Gasteiger partial charge on any atom is -0.369 e. The number of nitrogens with zero attached hydrogens (tertiary/aromatic N) is 3. The summed E-state index contributed by atoms with van der Waals surface area (Å²) in [5.74, 6) is -0.254. The maximum absolute atomic E-state index is 12.7. The van der Waals surface area contributed by atoms with E-state index in [1.807, 2.05) is 17.7 Å². The lowest BCUT2D eigenvalue weighted by molar-refractivity contribution is -0.135. The molecule has 7 heteroatoms. The third-order valence-electron chi connectivity index (χ3n) is 5.30. The van der Waals surface area contributed by atoms with E-state index in [1.165, 1.54) is 22.9 Å². The number of benzene rings is 1. The number of primary amides is 1. The number of imidazole rings is 1. The first-order valence-electron chi connectivity index (χ1n) is 9.19. The Morgan fingerprint density at radius 2 is 2.04 bits per heavy atom. The number of piperidine rings is 1. The summed E-state index contributed by atoms with van der Waals surface area (Å²) in [4.78, 5) is 30.4. The van der Waals surface area contributed by atoms with E-state index < -0.39 is 0 Å². The molecule has 6 nitrogen and oxygen atoms in total. The van der Waals surface area contributed by atoms with Crippen molar-refractivity contribution in [1.82, 2.24) is 14.5 Å². The van der Waals surface area contributed by atoms with Gasteiger partial charge < -0.3 is 10.6 Å². The fourth-order valence-electron chi connectivity index (χ4n) is 3.36. The molecule has 144 valence electrons. The normalized spacial score (nSPS) is 19.9. The summed E-state index contributed by atoms with van der Waals surface area (Å²) in [6.07, 6.45) is 5.21. The van der Waals surface area contributed by atoms with Crippen LogP contribution in [0, 0.1) is 19.8 Å². The zero-order valence-corrected chi connectivity index (χ0v) is 16.8. The van der Waals surface area contributed by atoms with Gasteiger partial charge in [0.2, 0.25) is 11.8 Å². The van der Waals surface area contributed by atoms with Gasteiger partial charge in [0.25, 0.3) is 0 Å². The van der Waals surface area contributed by atoms with E-state index in [1.54, 1.807) is 11.1 Å². The molecule has 2 heterocycles. The smallest absolute Gasteiger partial charge is 0.233 e. The fraction of sp³-hybridized carbons (Fsp3) is 0.450. The number of thioether (sulfide) groups is 1. The van der Waals surface area contributed by atoms with Crippen LogP contribution in [0.1, 0.15) is 30.9 Å². The van der Waals surface area contributed by atoms with Crippen LogP contribution in [0.15, 0.2) is 35.7 Å². The Labute approximate surface area is 164 Å². The molecule has 1 fully saturated rings. The molecule has 1 aliphatic heterocycles. The summed E-state index contributed by atoms with van der Waals surface area (Å²) >= 11 is 1.42. The first kappa shape index (κ1) is 19.5. The molecule has 27 heavy (non-hydrogen) atoms. The number of carbonyl (C=O) groups excluding carboxylic acids is 2. The summed E-state index contributed by atoms with van der Waals surface area (Å²) in [6, 6.07) is 6.39. The Hall–Kier alpha value is -2.28. The lowest BCUT2D eigenvalue weighted by Crippen LogP contribution is -2.49. The molecule has 1 aromatic heterocycles. The van der Waals surface area contributed by atoms with E-state index in [2.05, 4.69) is 37.0 Å². The fourth-order valence-corrected chi connectivity index (χ4v) is 4.22. The molecule has 0 spiro atoms. The van der Waals surface area contributed by atoms with E-state index in [9.17, 15) is 9.59 Å². The van der Waals surface area contributed by atoms with Crippen molar-refractivity contribution in [2.45, 2.75) is 44.8 Å². The van der Waals surface area contributed by atoms with Gasteiger partial charge in [0.15, 0.2) is 5.16 Å². The van der Waals surface area contributed by atoms with Gasteiger partial charge in [-0.25, -0.2) is 4.98 Å². The van der Waals surface area contributed by atoms with Crippen molar-refractivity contribution >= 4 is 23.6 Å². The van der Waals surface area contributed by atoms with Crippen LogP contribution in [0.3, 0.4) is 0 Å². The van der Waals surface area contributed by atoms with Crippen LogP contribution >= 0.6 is 11.8 Å². The highest BCUT2D eigenvalue weighted by Crippen LogP contribution is 2.25. The van der Waals surface area contributed by atoms with Crippen molar-refractivity contribution < 1.29 is 9.59 Å². The van der Waals surface area contributed by atoms with Gasteiger partial charge in [-0.15, -0.1) is 0 Å². The minimum atomic E-state index is -0.322. The van der Waals surface area contributed by atoms with Gasteiger partial charge in [-0.2, -0.15) is 0 Å². The minimum absolute atomic E-state index is 0.0214. The van der Waals surface area contributed by atoms with Crippen molar-refractivity contribution in [3.63, 3.8) is 0 Å². The molecule has 3 rings (SSSR count). The number of rotatable bonds is 5. The quantitative estimate of drug-likeness (QED) is 0.801. The molecule has 0 saturated carbocycles. The number of nitrogens with two attached hydrogens (primary N) is 1. The third-order valence-corrected chi connectivity index (χ3v) is 6.26. The van der Waals surface area contributed by atoms with Crippen molar-refractivity contribution in [1.29, 1.82) is 0 Å². The second-order valence-electron chi connectivity index (χ2n) is 7.21. The lowest BCUT2D eigenvalue weighted by Gasteiger charge is -2.36. The first-order chi connectivity index (χ1) is 12.9. The van der Waals surface area contributed by atoms with Gasteiger partial charge in [0.1, 0.15) is 0 Å². The SMILES string of the molecule is Cc1ccc(-n2ccnc2SCC(=O)N2CC(C(N)=O)CCC2C)cc1C. The predicted molar refractivity (Wildman–Crippen MR) is 107 cm³/mol. The van der Waals surface area contributed by atoms with E-state index in [0.29, 0.717) is 6.54 Å². The van der Waals surface area contributed by atoms with Crippen LogP contribution in [0.2, 0.25) is 0 Å². The Morgan fingerprint density at radius 1 is 1.26 bits per heavy atom. The van der Waals surface area contributed by atoms with Gasteiger partial charge in [-0.05, 0) is 56.9 Å². The molecule has 2 unspecified atom stereocenters. The average Bonchev–Trinajstić information content (AvgIpc) is 3.10. The molecular formula is C20H26N4O2S. The molecule has 1 aromatic carbocycles. The number of carbonyl (C=O) groups is 2. The Morgan fingerprint density at radius 3 is 2.74 bits per heavy atom. The van der Waals surface area contributed by atoms with Gasteiger partial charge in [-0.1, -0.05) is 17.8 Å². The maximum Gasteiger partial charge on any atom is 0.233 e. The number of hydrogen-bond donors (Lipinski definition) is 1. The topological polar surface area (TPSA) is 81.2 Å². The van der Waals surface area contributed by atoms with Crippen LogP contribution in [-0.2, 0) is 9.59 Å². The summed E-state index contributed by atoms with van der Waals surface area (Å²) < 4.78 is 2.00. The van der Waals surface area contributed by atoms with E-state index >= 15 is 0 Å². The van der Waals surface area contributed by atoms with Crippen LogP contribution in [0.4, 0.5) is 0 Å². The van der Waals surface area contributed by atoms with Gasteiger partial charge in [0.05, 0.1) is 11.7 Å². The number of aromatic nitrogens is 2. The van der Waals surface area contributed by atoms with E-state index in [0.717, 1.165) is 23.7 Å². The van der Waals surface area contributed by atoms with Crippen LogP contribution in [0.5, 0.6) is 0 Å². The molecule has 1 saturated heterocycles. The largest absolute Gasteiger partial charge is 0.369 e. The highest BCUT2D eigenvalue weighted by atomic mass is 32.2. The van der Waals surface area contributed by atoms with E-state index in [4.69, 9.17) is 5.73 Å². The van der Waals surface area contributed by atoms with Gasteiger partial charge >= 0.3 is 0 Å². The standard InChI is InChI=1S/C20H26N4O2S/c1-13-4-7-17(10-14(13)2)23-9-8-22-20(23)27-12-18(25)24-11-16(19(21)26)6-5-15(24)3/h4,7-10,15-16H,5-6,11-12H2,1-3H3,(H2,21,26). The molecule has 2 atom stereocenters. The zero-order chi connectivity index (χ0) is 19.6. The lowest BCUT2D eigenvalue weighted by atomic mass is 9.93. The molecule has 1 aliphatic rings. The highest BCUT2D eigenvalue weighted by molar-refractivity contribution is 7.99. The van der Waals surface area contributed by atoms with Crippen LogP contribution < -0.4 is 5.73 Å². The second-order valence-corrected chi connectivity index (χ2v) is 8.15. The first-order valence-corrected chi connectivity index (χ1v) is 10.2. The summed E-state index contributed by atoms with van der Waals surface area (Å²) in [5, 5.41) is 0.780. The maximum atomic E-state index is 12.7. The van der Waals surface area contributed by atoms with Crippen molar-refractivity contribution in [3.05, 3.63) is 41.7 Å². The highest BCUT2D eigenvalue weighted by Gasteiger charge is 2.31. The number of aryl methyl sites for hydroxylation is 2. The molecule has 0 bridgehead atoms. The molecule has 2 amide bonds. The van der Waals surface area contributed by atoms with Crippen LogP contribution in [-0.4, -0.2) is 44.6 Å². The second kappa shape index (κ2) is 8.17. The Balaban J connectivity index is 1.68. The number of hydrogen-bond acceptors (Lipinski definition) is 4. The van der Waals surface area contributed by atoms with Gasteiger partial charge in [-0.3, -0.25) is 14.2 Å². The van der Waals surface area contributed by atoms with Crippen molar-refractivity contribution in [2.24, 2.45) is 11.7 Å². The van der Waals surface area contributed by atoms with Gasteiger partial charge in [0, 0.05) is 30.7 Å². The third kappa shape index (κ3) is 4.35. The predicted octanol–water partition coefficient (Wildman–Crippen LogP) is 2.69. The molecular weight excluding hydrogens is 360 g/mol. The Kier molecular flexibility index (Phi) is 5.89. The van der Waals surface area contributed by atoms with Crippen molar-refractivity contribution in [3.8, 4) is 5.69 Å². The Bertz CT molecular complexity index is 848.